The Kier molecular flexibility index (Phi) is 12.4. The molecule has 4 saturated carbocycles. The molecule has 304 valence electrons. The number of ether oxygens (including phenoxy) is 1. The molecule has 7 N–H and O–H groups in total. The van der Waals surface area contributed by atoms with Gasteiger partial charge in [-0.25, -0.2) is 9.78 Å². The maximum Gasteiger partial charge on any atom is 1.00 e. The Hall–Kier alpha value is -3.54. The number of carbonyl (C=O) groups is 1. The minimum atomic E-state index is -1.13. The van der Waals surface area contributed by atoms with E-state index in [9.17, 15) is 9.90 Å². The van der Waals surface area contributed by atoms with Crippen LogP contribution in [0.4, 0.5) is 10.9 Å². The number of rotatable bonds is 14. The predicted molar refractivity (Wildman–Crippen MR) is 227 cm³/mol. The van der Waals surface area contributed by atoms with Crippen LogP contribution < -0.4 is 39.7 Å². The molecule has 0 spiro atoms. The van der Waals surface area contributed by atoms with Gasteiger partial charge in [0.1, 0.15) is 16.5 Å². The molecule has 4 bridgehead atoms. The van der Waals surface area contributed by atoms with Gasteiger partial charge < -0.3 is 41.8 Å². The molecule has 2 aliphatic heterocycles. The van der Waals surface area contributed by atoms with E-state index in [1.165, 1.54) is 36.8 Å². The third-order valence-corrected chi connectivity index (χ3v) is 14.1. The average Bonchev–Trinajstić information content (AvgIpc) is 3.58. The molecular weight excluding hydrogens is 742 g/mol. The SMILES string of the molecule is C/C([NH2+]CC12CC3(C)CC(C)(C1)CC(OCCN1CCNCC1)(C3)C2)=C(/C=N)c1ccc(N2[C-]=C(/C(C)=C(\[NH-])Nc3nc4ccccc4s3)CCC2)nc1C(=O)O.[Li+]. The number of allylic oxidation sites excluding steroid dienone is 4. The van der Waals surface area contributed by atoms with E-state index in [4.69, 9.17) is 15.9 Å². The van der Waals surface area contributed by atoms with E-state index in [0.29, 0.717) is 28.6 Å². The van der Waals surface area contributed by atoms with E-state index in [0.717, 1.165) is 105 Å². The molecule has 3 aromatic rings. The van der Waals surface area contributed by atoms with Crippen LogP contribution in [-0.4, -0.2) is 90.2 Å². The molecule has 1 aromatic carbocycles. The zero-order valence-electron chi connectivity index (χ0n) is 34.9. The molecule has 12 nitrogen and oxygen atoms in total. The third-order valence-electron chi connectivity index (χ3n) is 13.2. The number of pyridine rings is 1. The first-order valence-electron chi connectivity index (χ1n) is 20.6. The van der Waals surface area contributed by atoms with Crippen molar-refractivity contribution in [2.45, 2.75) is 84.7 Å². The molecule has 6 aliphatic rings. The van der Waals surface area contributed by atoms with Crippen molar-refractivity contribution < 1.29 is 38.8 Å². The van der Waals surface area contributed by atoms with Crippen LogP contribution in [0.5, 0.6) is 0 Å². The summed E-state index contributed by atoms with van der Waals surface area (Å²) in [5.41, 5.74) is 13.6. The average molecular weight is 800 g/mol. The van der Waals surface area contributed by atoms with Gasteiger partial charge in [-0.3, -0.25) is 9.88 Å². The zero-order chi connectivity index (χ0) is 40.0. The number of nitrogens with zero attached hydrogens (tertiary/aromatic N) is 4. The van der Waals surface area contributed by atoms with Crippen LogP contribution in [-0.2, 0) is 4.74 Å². The molecule has 0 radical (unpaired) electrons. The van der Waals surface area contributed by atoms with Crippen molar-refractivity contribution >= 4 is 50.3 Å². The van der Waals surface area contributed by atoms with Crippen LogP contribution in [0.3, 0.4) is 0 Å². The van der Waals surface area contributed by atoms with E-state index in [2.05, 4.69) is 50.9 Å². The Bertz CT molecular complexity index is 2090. The number of thiazole rings is 1. The number of fused-ring (bicyclic) bond motifs is 1. The van der Waals surface area contributed by atoms with Gasteiger partial charge in [-0.15, -0.1) is 28.3 Å². The van der Waals surface area contributed by atoms with Gasteiger partial charge in [0, 0.05) is 69.2 Å². The largest absolute Gasteiger partial charge is 1.00 e. The minimum absolute atomic E-state index is 0. The first-order valence-corrected chi connectivity index (χ1v) is 21.4. The number of para-hydroxylation sites is 1. The van der Waals surface area contributed by atoms with Crippen LogP contribution in [0, 0.1) is 27.9 Å². The standard InChI is InChI=1S/C44H57N9O3S.Li/c1-29(38(46)51-40-49-34-9-5-6-10-35(34)57-40)31-8-7-15-53(21-31)36-12-11-32(37(50-36)39(54)55)33(20-45)30(2)48-28-43-23-41(3)22-42(4,24-43)26-44(25-41,27-43)56-19-18-52-16-13-47-14-17-52;/h5-6,9-12,20,46-47H,7-8,13-19,22-28H2,1-4H3,(H2,45,48)(H,49,51)(H,54,55);/q-2;+1/p+1/b38-29+;. The summed E-state index contributed by atoms with van der Waals surface area (Å²) < 4.78 is 8.04. The number of aromatic carboxylic acids is 1. The van der Waals surface area contributed by atoms with E-state index in [1.807, 2.05) is 49.1 Å². The van der Waals surface area contributed by atoms with Crippen LogP contribution in [0.15, 0.2) is 59.1 Å². The molecule has 14 heteroatoms. The summed E-state index contributed by atoms with van der Waals surface area (Å²) in [5.74, 6) is -0.396. The number of hydrogen-bond acceptors (Lipinski definition) is 10. The summed E-state index contributed by atoms with van der Waals surface area (Å²) in [6.07, 6.45) is 13.2. The van der Waals surface area contributed by atoms with Gasteiger partial charge in [0.05, 0.1) is 34.5 Å². The van der Waals surface area contributed by atoms with Gasteiger partial charge in [-0.05, 0) is 74.3 Å². The molecule has 4 heterocycles. The summed E-state index contributed by atoms with van der Waals surface area (Å²) in [6.45, 7) is 16.4. The normalized spacial score (nSPS) is 29.0. The number of anilines is 2. The molecular formula is C44H58LiN9O3S. The molecule has 4 aliphatic carbocycles. The van der Waals surface area contributed by atoms with Crippen LogP contribution in [0.25, 0.3) is 21.5 Å². The second kappa shape index (κ2) is 16.8. The number of aromatic nitrogens is 2. The molecule has 58 heavy (non-hydrogen) atoms. The summed E-state index contributed by atoms with van der Waals surface area (Å²) in [5, 5.41) is 28.5. The van der Waals surface area contributed by atoms with Gasteiger partial charge in [-0.1, -0.05) is 51.2 Å². The second-order valence-corrected chi connectivity index (χ2v) is 19.3. The Morgan fingerprint density at radius 1 is 1.07 bits per heavy atom. The van der Waals surface area contributed by atoms with Crippen molar-refractivity contribution in [2.75, 3.05) is 62.6 Å². The Balaban J connectivity index is 0.00000512. The maximum absolute atomic E-state index is 12.8. The monoisotopic (exact) mass is 799 g/mol. The maximum atomic E-state index is 12.8. The number of quaternary nitrogens is 1. The van der Waals surface area contributed by atoms with Crippen molar-refractivity contribution in [3.05, 3.63) is 82.3 Å². The summed E-state index contributed by atoms with van der Waals surface area (Å²) >= 11 is 1.51. The smallest absolute Gasteiger partial charge is 0.493 e. The summed E-state index contributed by atoms with van der Waals surface area (Å²) in [7, 11) is 0. The van der Waals surface area contributed by atoms with Crippen LogP contribution >= 0.6 is 11.3 Å². The van der Waals surface area contributed by atoms with E-state index in [-0.39, 0.29) is 52.2 Å². The molecule has 2 unspecified atom stereocenters. The van der Waals surface area contributed by atoms with Crippen molar-refractivity contribution in [2.24, 2.45) is 16.2 Å². The first-order chi connectivity index (χ1) is 27.3. The molecule has 2 aromatic heterocycles. The van der Waals surface area contributed by atoms with Crippen LogP contribution in [0.2, 0.25) is 0 Å². The number of carboxylic acids is 1. The van der Waals surface area contributed by atoms with E-state index < -0.39 is 5.97 Å². The third kappa shape index (κ3) is 8.82. The van der Waals surface area contributed by atoms with Gasteiger partial charge >= 0.3 is 24.8 Å². The number of carboxylic acid groups (broad SMARTS) is 1. The number of nitrogens with two attached hydrogens (primary N) is 1. The minimum Gasteiger partial charge on any atom is -0.493 e. The second-order valence-electron chi connectivity index (χ2n) is 18.3. The molecule has 5 fully saturated rings. The van der Waals surface area contributed by atoms with E-state index in [1.54, 1.807) is 6.07 Å². The fourth-order valence-corrected chi connectivity index (χ4v) is 12.7. The molecule has 2 atom stereocenters. The number of benzene rings is 1. The van der Waals surface area contributed by atoms with Gasteiger partial charge in [-0.2, -0.15) is 0 Å². The van der Waals surface area contributed by atoms with Crippen molar-refractivity contribution in [3.8, 4) is 0 Å². The quantitative estimate of drug-likeness (QED) is 0.0919. The molecule has 9 rings (SSSR count). The first kappa shape index (κ1) is 42.6. The number of nitrogens with one attached hydrogen (secondary N) is 4. The van der Waals surface area contributed by atoms with Gasteiger partial charge in [0.2, 0.25) is 0 Å². The van der Waals surface area contributed by atoms with E-state index >= 15 is 0 Å². The Labute approximate surface area is 358 Å². The fourth-order valence-electron chi connectivity index (χ4n) is 11.8. The summed E-state index contributed by atoms with van der Waals surface area (Å²) in [6, 6.07) is 11.5. The Morgan fingerprint density at radius 2 is 1.81 bits per heavy atom. The van der Waals surface area contributed by atoms with Crippen molar-refractivity contribution in [1.29, 1.82) is 5.41 Å². The number of hydrogen-bond donors (Lipinski definition) is 5. The van der Waals surface area contributed by atoms with Crippen molar-refractivity contribution in [1.82, 2.24) is 20.2 Å². The number of piperazine rings is 1. The Morgan fingerprint density at radius 3 is 2.52 bits per heavy atom. The van der Waals surface area contributed by atoms with Crippen molar-refractivity contribution in [3.63, 3.8) is 0 Å². The predicted octanol–water partition coefficient (Wildman–Crippen LogP) is 4.06. The molecule has 0 amide bonds. The summed E-state index contributed by atoms with van der Waals surface area (Å²) in [4.78, 5) is 26.5. The van der Waals surface area contributed by atoms with Gasteiger partial charge in [0.25, 0.3) is 0 Å². The van der Waals surface area contributed by atoms with Crippen LogP contribution in [0.1, 0.15) is 95.1 Å². The zero-order valence-corrected chi connectivity index (χ0v) is 35.7. The topological polar surface area (TPSA) is 167 Å². The fraction of sp³-hybridized carbons (Fsp3) is 0.545. The van der Waals surface area contributed by atoms with Gasteiger partial charge in [0.15, 0.2) is 0 Å². The molecule has 1 saturated heterocycles.